The summed E-state index contributed by atoms with van der Waals surface area (Å²) < 4.78 is 0. The molecule has 4 heavy (non-hydrogen) atoms. The molecule has 0 amide bonds. The molecule has 0 saturated heterocycles. The maximum Gasteiger partial charge on any atom is 0 e. The third-order valence-corrected chi connectivity index (χ3v) is 0. The standard InChI is InChI=1S/B.2Co.Fe. The molecule has 0 aromatic heterocycles. The van der Waals surface area contributed by atoms with Crippen LogP contribution in [0.3, 0.4) is 0 Å². The van der Waals surface area contributed by atoms with Crippen LogP contribution in [0.4, 0.5) is 0 Å². The van der Waals surface area contributed by atoms with Crippen molar-refractivity contribution in [2.75, 3.05) is 0 Å². The van der Waals surface area contributed by atoms with Gasteiger partial charge >= 0.3 is 0 Å². The molecule has 0 spiro atoms. The molecule has 0 aromatic rings. The van der Waals surface area contributed by atoms with Crippen LogP contribution in [-0.4, -0.2) is 8.41 Å². The summed E-state index contributed by atoms with van der Waals surface area (Å²) in [6.45, 7) is 0. The van der Waals surface area contributed by atoms with Gasteiger partial charge in [-0.15, -0.1) is 0 Å². The first-order valence-electron chi connectivity index (χ1n) is 0. The van der Waals surface area contributed by atoms with E-state index in [1.165, 1.54) is 0 Å². The van der Waals surface area contributed by atoms with Crippen LogP contribution < -0.4 is 0 Å². The van der Waals surface area contributed by atoms with Crippen LogP contribution in [0.2, 0.25) is 0 Å². The van der Waals surface area contributed by atoms with Crippen molar-refractivity contribution in [1.29, 1.82) is 0 Å². The van der Waals surface area contributed by atoms with Gasteiger partial charge in [0.2, 0.25) is 0 Å². The molecule has 4 heteroatoms. The van der Waals surface area contributed by atoms with E-state index < -0.39 is 0 Å². The SMILES string of the molecule is [B].[Co].[Co].[Fe]. The maximum atomic E-state index is 0. The summed E-state index contributed by atoms with van der Waals surface area (Å²) in [6.07, 6.45) is 0. The molecule has 0 nitrogen and oxygen atoms in total. The van der Waals surface area contributed by atoms with Crippen molar-refractivity contribution in [2.24, 2.45) is 0 Å². The zero-order chi connectivity index (χ0) is 0. The Balaban J connectivity index is 0. The summed E-state index contributed by atoms with van der Waals surface area (Å²) in [6, 6.07) is 0. The molecular weight excluding hydrogens is 185 g/mol. The van der Waals surface area contributed by atoms with Crippen LogP contribution in [-0.2, 0) is 50.6 Å². The Hall–Kier alpha value is 1.60. The van der Waals surface area contributed by atoms with Gasteiger partial charge in [-0.1, -0.05) is 0 Å². The summed E-state index contributed by atoms with van der Waals surface area (Å²) in [4.78, 5) is 0. The van der Waals surface area contributed by atoms with Gasteiger partial charge in [0.15, 0.2) is 0 Å². The molecule has 0 saturated carbocycles. The van der Waals surface area contributed by atoms with E-state index in [1.54, 1.807) is 0 Å². The van der Waals surface area contributed by atoms with Gasteiger partial charge in [-0.2, -0.15) is 0 Å². The molecule has 0 aliphatic carbocycles. The van der Waals surface area contributed by atoms with Crippen LogP contribution in [0.25, 0.3) is 0 Å². The zero-order valence-electron chi connectivity index (χ0n) is 1.60. The molecule has 0 rings (SSSR count). The van der Waals surface area contributed by atoms with Gasteiger partial charge in [0.25, 0.3) is 0 Å². The summed E-state index contributed by atoms with van der Waals surface area (Å²) in [7, 11) is 0. The number of hydrogen-bond donors (Lipinski definition) is 0. The molecule has 5 radical (unpaired) electrons. The molecule has 0 N–H and O–H groups in total. The average Bonchev–Trinajstić information content (AvgIpc) is 0. The predicted molar refractivity (Wildman–Crippen MR) is 5.75 cm³/mol. The van der Waals surface area contributed by atoms with Crippen LogP contribution in [0, 0.1) is 0 Å². The van der Waals surface area contributed by atoms with E-state index in [1.807, 2.05) is 0 Å². The Morgan fingerprint density at radius 3 is 0.750 bits per heavy atom. The fourth-order valence-corrected chi connectivity index (χ4v) is 0. The zero-order valence-corrected chi connectivity index (χ0v) is 4.78. The fraction of sp³-hybridized carbons (Fsp3) is 0. The quantitative estimate of drug-likeness (QED) is 0.450. The predicted octanol–water partition coefficient (Wildman–Crippen LogP) is -0.388. The Morgan fingerprint density at radius 2 is 0.750 bits per heavy atom. The minimum Gasteiger partial charge on any atom is 0 e. The first-order chi connectivity index (χ1) is 0. The second-order valence-electron chi connectivity index (χ2n) is 0. The Labute approximate surface area is 58.9 Å². The van der Waals surface area contributed by atoms with Gasteiger partial charge in [0, 0.05) is 59.0 Å². The van der Waals surface area contributed by atoms with Crippen molar-refractivity contribution in [3.05, 3.63) is 0 Å². The topological polar surface area (TPSA) is 0 Å². The monoisotopic (exact) mass is 185 g/mol. The minimum absolute atomic E-state index is 0. The van der Waals surface area contributed by atoms with E-state index in [-0.39, 0.29) is 59.0 Å². The molecule has 0 aromatic carbocycles. The first kappa shape index (κ1) is 46.4. The molecular formula is BCo2Fe. The van der Waals surface area contributed by atoms with E-state index in [2.05, 4.69) is 0 Å². The second-order valence-corrected chi connectivity index (χ2v) is 0. The third kappa shape index (κ3) is 9.51. The largest absolute Gasteiger partial charge is 0 e. The molecule has 0 aliphatic rings. The second kappa shape index (κ2) is 23.3. The molecule has 0 fully saturated rings. The Bertz CT molecular complexity index is 6.00. The van der Waals surface area contributed by atoms with Crippen molar-refractivity contribution < 1.29 is 50.6 Å². The maximum absolute atomic E-state index is 0. The van der Waals surface area contributed by atoms with E-state index in [0.717, 1.165) is 0 Å². The summed E-state index contributed by atoms with van der Waals surface area (Å²) in [5.74, 6) is 0. The number of hydrogen-bond acceptors (Lipinski definition) is 0. The van der Waals surface area contributed by atoms with Gasteiger partial charge in [-0.05, 0) is 0 Å². The van der Waals surface area contributed by atoms with E-state index in [0.29, 0.717) is 0 Å². The fourth-order valence-electron chi connectivity index (χ4n) is 0. The van der Waals surface area contributed by atoms with E-state index in [9.17, 15) is 0 Å². The Morgan fingerprint density at radius 1 is 0.750 bits per heavy atom. The summed E-state index contributed by atoms with van der Waals surface area (Å²) in [5, 5.41) is 0. The summed E-state index contributed by atoms with van der Waals surface area (Å²) in [5.41, 5.74) is 0. The van der Waals surface area contributed by atoms with Crippen molar-refractivity contribution in [2.45, 2.75) is 0 Å². The van der Waals surface area contributed by atoms with Crippen LogP contribution in [0.1, 0.15) is 0 Å². The van der Waals surface area contributed by atoms with Crippen LogP contribution >= 0.6 is 0 Å². The smallest absolute Gasteiger partial charge is 0 e. The number of rotatable bonds is 0. The van der Waals surface area contributed by atoms with Crippen molar-refractivity contribution in [1.82, 2.24) is 0 Å². The average molecular weight is 185 g/mol. The third-order valence-electron chi connectivity index (χ3n) is 0. The van der Waals surface area contributed by atoms with Gasteiger partial charge in [-0.25, -0.2) is 0 Å². The van der Waals surface area contributed by atoms with E-state index >= 15 is 0 Å². The minimum atomic E-state index is 0. The van der Waals surface area contributed by atoms with Crippen molar-refractivity contribution in [3.63, 3.8) is 0 Å². The van der Waals surface area contributed by atoms with Crippen LogP contribution in [0.5, 0.6) is 0 Å². The van der Waals surface area contributed by atoms with Crippen molar-refractivity contribution >= 4 is 8.41 Å². The van der Waals surface area contributed by atoms with Gasteiger partial charge in [-0.3, -0.25) is 0 Å². The van der Waals surface area contributed by atoms with Crippen LogP contribution in [0.15, 0.2) is 0 Å². The van der Waals surface area contributed by atoms with Gasteiger partial charge in [0.1, 0.15) is 0 Å². The molecule has 0 unspecified atom stereocenters. The molecule has 0 aliphatic heterocycles. The Kier molecular flexibility index (Phi) is 270. The van der Waals surface area contributed by atoms with Gasteiger partial charge in [0.05, 0.1) is 0 Å². The first-order valence-corrected chi connectivity index (χ1v) is 0. The normalized spacial score (nSPS) is 0. The summed E-state index contributed by atoms with van der Waals surface area (Å²) >= 11 is 0. The molecule has 0 heterocycles. The molecule has 29 valence electrons. The van der Waals surface area contributed by atoms with Crippen molar-refractivity contribution in [3.8, 4) is 0 Å². The molecule has 0 atom stereocenters. The van der Waals surface area contributed by atoms with Gasteiger partial charge < -0.3 is 0 Å². The molecule has 0 bridgehead atoms. The van der Waals surface area contributed by atoms with E-state index in [4.69, 9.17) is 0 Å².